The lowest BCUT2D eigenvalue weighted by atomic mass is 10.0. The Hall–Kier alpha value is -4.16. The van der Waals surface area contributed by atoms with Crippen LogP contribution in [0.5, 0.6) is 0 Å². The summed E-state index contributed by atoms with van der Waals surface area (Å²) < 4.78 is 6.43. The molecule has 0 radical (unpaired) electrons. The average molecular weight is 448 g/mol. The van der Waals surface area contributed by atoms with Gasteiger partial charge in [0.1, 0.15) is 28.8 Å². The minimum atomic E-state index is 0.0121. The second-order valence-electron chi connectivity index (χ2n) is 8.57. The van der Waals surface area contributed by atoms with Crippen LogP contribution < -0.4 is 4.90 Å². The van der Waals surface area contributed by atoms with Crippen LogP contribution in [0.4, 0.5) is 5.69 Å². The standard InChI is InChI=1S/C28H25N5O/c1-3-5-13-33(14-6-4-2)18-11-12-21-24(15-18)34-28-25(21)19-9-7-8-10-20(19)26-27(28)32-23(17-30)22(16-29)31-26/h7-12,15H,3-6,13-14H2,1-2H3. The zero-order valence-electron chi connectivity index (χ0n) is 19.4. The number of nitrogens with zero attached hydrogens (tertiary/aromatic N) is 5. The molecule has 0 bridgehead atoms. The highest BCUT2D eigenvalue weighted by Crippen LogP contribution is 2.40. The van der Waals surface area contributed by atoms with E-state index in [1.54, 1.807) is 0 Å². The third-order valence-corrected chi connectivity index (χ3v) is 6.38. The topological polar surface area (TPSA) is 89.7 Å². The quantitative estimate of drug-likeness (QED) is 0.254. The van der Waals surface area contributed by atoms with Crippen LogP contribution in [0.2, 0.25) is 0 Å². The van der Waals surface area contributed by atoms with Gasteiger partial charge < -0.3 is 9.32 Å². The molecule has 0 amide bonds. The molecule has 6 nitrogen and oxygen atoms in total. The van der Waals surface area contributed by atoms with Crippen molar-refractivity contribution in [2.75, 3.05) is 18.0 Å². The van der Waals surface area contributed by atoms with E-state index in [2.05, 4.69) is 46.9 Å². The molecule has 0 saturated carbocycles. The van der Waals surface area contributed by atoms with E-state index in [0.717, 1.165) is 71.6 Å². The van der Waals surface area contributed by atoms with Crippen molar-refractivity contribution in [2.45, 2.75) is 39.5 Å². The van der Waals surface area contributed by atoms with Gasteiger partial charge in [0.2, 0.25) is 0 Å². The Morgan fingerprint density at radius 3 is 2.12 bits per heavy atom. The molecule has 6 heteroatoms. The van der Waals surface area contributed by atoms with E-state index in [9.17, 15) is 10.5 Å². The van der Waals surface area contributed by atoms with E-state index in [0.29, 0.717) is 16.6 Å². The highest BCUT2D eigenvalue weighted by molar-refractivity contribution is 6.28. The SMILES string of the molecule is CCCCN(CCCC)c1ccc2c(c1)oc1c3nc(C#N)c(C#N)nc3c3ccccc3c21. The summed E-state index contributed by atoms with van der Waals surface area (Å²) in [5.74, 6) is 0. The van der Waals surface area contributed by atoms with Gasteiger partial charge in [0.15, 0.2) is 17.0 Å². The van der Waals surface area contributed by atoms with Gasteiger partial charge in [-0.25, -0.2) is 9.97 Å². The van der Waals surface area contributed by atoms with E-state index in [-0.39, 0.29) is 11.4 Å². The van der Waals surface area contributed by atoms with Gasteiger partial charge in [-0.15, -0.1) is 0 Å². The van der Waals surface area contributed by atoms with Gasteiger partial charge in [0.25, 0.3) is 0 Å². The van der Waals surface area contributed by atoms with Crippen molar-refractivity contribution in [3.05, 3.63) is 53.9 Å². The van der Waals surface area contributed by atoms with Crippen LogP contribution in [-0.2, 0) is 0 Å². The molecule has 2 heterocycles. The molecule has 0 aliphatic rings. The predicted octanol–water partition coefficient (Wildman–Crippen LogP) is 6.83. The molecule has 0 aliphatic carbocycles. The third-order valence-electron chi connectivity index (χ3n) is 6.38. The summed E-state index contributed by atoms with van der Waals surface area (Å²) in [6.45, 7) is 6.46. The van der Waals surface area contributed by atoms with Crippen molar-refractivity contribution in [1.82, 2.24) is 9.97 Å². The van der Waals surface area contributed by atoms with E-state index in [1.807, 2.05) is 36.4 Å². The molecule has 0 N–H and O–H groups in total. The molecule has 0 fully saturated rings. The van der Waals surface area contributed by atoms with E-state index in [4.69, 9.17) is 4.42 Å². The van der Waals surface area contributed by atoms with Gasteiger partial charge in [-0.2, -0.15) is 10.5 Å². The van der Waals surface area contributed by atoms with Crippen molar-refractivity contribution >= 4 is 49.4 Å². The Kier molecular flexibility index (Phi) is 5.74. The molecule has 5 rings (SSSR count). The van der Waals surface area contributed by atoms with Gasteiger partial charge in [-0.05, 0) is 30.4 Å². The molecule has 5 aromatic rings. The van der Waals surface area contributed by atoms with Gasteiger partial charge >= 0.3 is 0 Å². The fraction of sp³-hybridized carbons (Fsp3) is 0.286. The van der Waals surface area contributed by atoms with E-state index in [1.165, 1.54) is 0 Å². The number of nitriles is 2. The summed E-state index contributed by atoms with van der Waals surface area (Å²) in [6.07, 6.45) is 4.59. The van der Waals surface area contributed by atoms with Crippen LogP contribution in [-0.4, -0.2) is 23.1 Å². The maximum absolute atomic E-state index is 9.53. The lowest BCUT2D eigenvalue weighted by Gasteiger charge is -2.24. The number of rotatable bonds is 7. The van der Waals surface area contributed by atoms with Crippen molar-refractivity contribution in [1.29, 1.82) is 10.5 Å². The van der Waals surface area contributed by atoms with E-state index >= 15 is 0 Å². The molecular weight excluding hydrogens is 422 g/mol. The minimum absolute atomic E-state index is 0.0121. The van der Waals surface area contributed by atoms with Gasteiger partial charge in [-0.1, -0.05) is 51.0 Å². The van der Waals surface area contributed by atoms with Crippen molar-refractivity contribution in [3.63, 3.8) is 0 Å². The molecular formula is C28H25N5O. The molecule has 3 aromatic carbocycles. The number of furan rings is 1. The predicted molar refractivity (Wildman–Crippen MR) is 136 cm³/mol. The number of aromatic nitrogens is 2. The third kappa shape index (κ3) is 3.49. The summed E-state index contributed by atoms with van der Waals surface area (Å²) in [5, 5.41) is 22.9. The zero-order valence-corrected chi connectivity index (χ0v) is 19.4. The largest absolute Gasteiger partial charge is 0.454 e. The summed E-state index contributed by atoms with van der Waals surface area (Å²) in [7, 11) is 0. The zero-order chi connectivity index (χ0) is 23.7. The number of hydrogen-bond acceptors (Lipinski definition) is 6. The van der Waals surface area contributed by atoms with E-state index < -0.39 is 0 Å². The molecule has 0 atom stereocenters. The smallest absolute Gasteiger partial charge is 0.177 e. The Balaban J connectivity index is 1.81. The maximum atomic E-state index is 9.53. The number of anilines is 1. The normalized spacial score (nSPS) is 11.3. The van der Waals surface area contributed by atoms with Crippen LogP contribution in [0, 0.1) is 22.7 Å². The van der Waals surface area contributed by atoms with Gasteiger partial charge in [0.05, 0.1) is 0 Å². The molecule has 34 heavy (non-hydrogen) atoms. The minimum Gasteiger partial charge on any atom is -0.454 e. The molecule has 168 valence electrons. The second kappa shape index (κ2) is 9.00. The van der Waals surface area contributed by atoms with Crippen LogP contribution in [0.25, 0.3) is 43.7 Å². The first kappa shape index (κ1) is 21.7. The van der Waals surface area contributed by atoms with Gasteiger partial charge in [-0.3, -0.25) is 0 Å². The lowest BCUT2D eigenvalue weighted by Crippen LogP contribution is -2.25. The van der Waals surface area contributed by atoms with Crippen molar-refractivity contribution in [2.24, 2.45) is 0 Å². The summed E-state index contributed by atoms with van der Waals surface area (Å²) >= 11 is 0. The highest BCUT2D eigenvalue weighted by atomic mass is 16.3. The van der Waals surface area contributed by atoms with Crippen molar-refractivity contribution in [3.8, 4) is 12.1 Å². The first-order valence-electron chi connectivity index (χ1n) is 11.8. The maximum Gasteiger partial charge on any atom is 0.177 e. The summed E-state index contributed by atoms with van der Waals surface area (Å²) in [5.41, 5.74) is 3.66. The van der Waals surface area contributed by atoms with Crippen LogP contribution in [0.3, 0.4) is 0 Å². The molecule has 0 saturated heterocycles. The van der Waals surface area contributed by atoms with Crippen molar-refractivity contribution < 1.29 is 4.42 Å². The Bertz CT molecular complexity index is 1610. The Morgan fingerprint density at radius 2 is 1.47 bits per heavy atom. The molecule has 0 spiro atoms. The first-order chi connectivity index (χ1) is 16.7. The fourth-order valence-electron chi connectivity index (χ4n) is 4.63. The lowest BCUT2D eigenvalue weighted by molar-refractivity contribution is 0.665. The van der Waals surface area contributed by atoms with Crippen LogP contribution in [0.15, 0.2) is 46.9 Å². The fourth-order valence-corrected chi connectivity index (χ4v) is 4.63. The Morgan fingerprint density at radius 1 is 0.824 bits per heavy atom. The number of benzene rings is 3. The highest BCUT2D eigenvalue weighted by Gasteiger charge is 2.20. The number of hydrogen-bond donors (Lipinski definition) is 0. The molecule has 2 aromatic heterocycles. The second-order valence-corrected chi connectivity index (χ2v) is 8.57. The summed E-state index contributed by atoms with van der Waals surface area (Å²) in [4.78, 5) is 11.5. The van der Waals surface area contributed by atoms with Crippen LogP contribution >= 0.6 is 0 Å². The molecule has 0 aliphatic heterocycles. The van der Waals surface area contributed by atoms with Gasteiger partial charge in [0, 0.05) is 41.0 Å². The average Bonchev–Trinajstić information content (AvgIpc) is 3.27. The number of unbranched alkanes of at least 4 members (excludes halogenated alkanes) is 2. The monoisotopic (exact) mass is 447 g/mol. The number of fused-ring (bicyclic) bond motifs is 8. The first-order valence-corrected chi connectivity index (χ1v) is 11.8. The summed E-state index contributed by atoms with van der Waals surface area (Å²) in [6, 6.07) is 18.4. The Labute approximate surface area is 198 Å². The van der Waals surface area contributed by atoms with Crippen LogP contribution in [0.1, 0.15) is 50.9 Å². The molecule has 0 unspecified atom stereocenters.